The Bertz CT molecular complexity index is 989. The summed E-state index contributed by atoms with van der Waals surface area (Å²) in [5.74, 6) is 1.09. The van der Waals surface area contributed by atoms with Gasteiger partial charge < -0.3 is 9.72 Å². The van der Waals surface area contributed by atoms with E-state index in [1.54, 1.807) is 13.3 Å². The Labute approximate surface area is 145 Å². The second-order valence-electron chi connectivity index (χ2n) is 6.53. The number of nitrogens with zero attached hydrogens (tertiary/aromatic N) is 3. The van der Waals surface area contributed by atoms with E-state index in [1.165, 1.54) is 27.9 Å². The highest BCUT2D eigenvalue weighted by molar-refractivity contribution is 6.15. The van der Waals surface area contributed by atoms with Crippen molar-refractivity contribution in [1.82, 2.24) is 15.2 Å². The summed E-state index contributed by atoms with van der Waals surface area (Å²) in [7, 11) is 1.70. The van der Waals surface area contributed by atoms with Gasteiger partial charge in [-0.1, -0.05) is 12.1 Å². The van der Waals surface area contributed by atoms with Gasteiger partial charge >= 0.3 is 0 Å². The van der Waals surface area contributed by atoms with Gasteiger partial charge in [-0.3, -0.25) is 4.99 Å². The summed E-state index contributed by atoms with van der Waals surface area (Å²) in [6, 6.07) is 10.3. The number of aromatic amines is 1. The van der Waals surface area contributed by atoms with E-state index < -0.39 is 0 Å². The number of H-pyrrole nitrogens is 1. The molecular formula is C20H18N4O. The molecule has 0 radical (unpaired) electrons. The van der Waals surface area contributed by atoms with Crippen LogP contribution in [0.4, 0.5) is 0 Å². The van der Waals surface area contributed by atoms with Crippen LogP contribution in [0.15, 0.2) is 47.7 Å². The molecule has 25 heavy (non-hydrogen) atoms. The Morgan fingerprint density at radius 1 is 1.16 bits per heavy atom. The van der Waals surface area contributed by atoms with Crippen molar-refractivity contribution in [1.29, 1.82) is 0 Å². The molecule has 5 heteroatoms. The zero-order chi connectivity index (χ0) is 16.8. The first-order valence-corrected chi connectivity index (χ1v) is 8.55. The Hall–Kier alpha value is -2.95. The molecule has 5 nitrogen and oxygen atoms in total. The number of hydrogen-bond acceptors (Lipinski definition) is 4. The standard InChI is InChI=1S/C20H18N4O/c1-25-15-4-2-3-13(9-15)16-11-22-20-17-14(10-21-19(16)17)6-5-12-7-8-23-24-18(12)20/h2-4,7-10,16,21H,5-6,11H2,1H3. The molecule has 0 amide bonds. The summed E-state index contributed by atoms with van der Waals surface area (Å²) < 4.78 is 5.39. The molecule has 124 valence electrons. The van der Waals surface area contributed by atoms with E-state index in [1.807, 2.05) is 12.1 Å². The van der Waals surface area contributed by atoms with Gasteiger partial charge in [-0.05, 0) is 47.7 Å². The summed E-state index contributed by atoms with van der Waals surface area (Å²) in [6.45, 7) is 0.700. The zero-order valence-electron chi connectivity index (χ0n) is 14.0. The van der Waals surface area contributed by atoms with E-state index in [2.05, 4.69) is 39.6 Å². The van der Waals surface area contributed by atoms with Crippen LogP contribution in [0.3, 0.4) is 0 Å². The Kier molecular flexibility index (Phi) is 3.20. The third kappa shape index (κ3) is 2.19. The lowest BCUT2D eigenvalue weighted by Crippen LogP contribution is -2.20. The molecule has 1 unspecified atom stereocenters. The van der Waals surface area contributed by atoms with E-state index in [4.69, 9.17) is 9.73 Å². The highest BCUT2D eigenvalue weighted by Gasteiger charge is 2.32. The molecule has 0 saturated heterocycles. The minimum absolute atomic E-state index is 0.209. The van der Waals surface area contributed by atoms with Crippen LogP contribution in [0, 0.1) is 0 Å². The fourth-order valence-corrected chi connectivity index (χ4v) is 3.94. The molecule has 1 aliphatic heterocycles. The van der Waals surface area contributed by atoms with Gasteiger partial charge in [-0.15, -0.1) is 5.10 Å². The SMILES string of the molecule is COc1cccc(C2CN=C3c4nnccc4CCc4c[nH]c2c43)c1. The van der Waals surface area contributed by atoms with Crippen molar-refractivity contribution in [2.45, 2.75) is 18.8 Å². The number of methoxy groups -OCH3 is 1. The smallest absolute Gasteiger partial charge is 0.119 e. The van der Waals surface area contributed by atoms with Gasteiger partial charge in [0.25, 0.3) is 0 Å². The van der Waals surface area contributed by atoms with Crippen molar-refractivity contribution in [3.05, 3.63) is 76.4 Å². The summed E-state index contributed by atoms with van der Waals surface area (Å²) in [5, 5.41) is 8.49. The fraction of sp³-hybridized carbons (Fsp3) is 0.250. The van der Waals surface area contributed by atoms with Crippen molar-refractivity contribution in [3.8, 4) is 5.75 Å². The third-order valence-corrected chi connectivity index (χ3v) is 5.20. The summed E-state index contributed by atoms with van der Waals surface area (Å²) >= 11 is 0. The molecule has 0 bridgehead atoms. The average molecular weight is 330 g/mol. The van der Waals surface area contributed by atoms with Crippen molar-refractivity contribution in [3.63, 3.8) is 0 Å². The van der Waals surface area contributed by atoms with Crippen LogP contribution in [0.5, 0.6) is 5.75 Å². The number of hydrogen-bond donors (Lipinski definition) is 1. The van der Waals surface area contributed by atoms with Crippen LogP contribution < -0.4 is 4.74 Å². The number of benzene rings is 1. The number of ether oxygens (including phenoxy) is 1. The average Bonchev–Trinajstić information content (AvgIpc) is 3.02. The van der Waals surface area contributed by atoms with Gasteiger partial charge in [-0.2, -0.15) is 5.10 Å². The maximum Gasteiger partial charge on any atom is 0.119 e. The molecule has 1 N–H and O–H groups in total. The van der Waals surface area contributed by atoms with Crippen molar-refractivity contribution >= 4 is 5.71 Å². The molecule has 0 spiro atoms. The van der Waals surface area contributed by atoms with Gasteiger partial charge in [0.1, 0.15) is 11.4 Å². The molecule has 1 aliphatic carbocycles. The maximum atomic E-state index is 5.39. The van der Waals surface area contributed by atoms with Crippen LogP contribution in [-0.2, 0) is 12.8 Å². The molecular weight excluding hydrogens is 312 g/mol. The lowest BCUT2D eigenvalue weighted by molar-refractivity contribution is 0.414. The van der Waals surface area contributed by atoms with Crippen molar-refractivity contribution in [2.75, 3.05) is 13.7 Å². The van der Waals surface area contributed by atoms with Gasteiger partial charge in [0, 0.05) is 29.6 Å². The number of aromatic nitrogens is 3. The molecule has 2 aliphatic rings. The van der Waals surface area contributed by atoms with Crippen LogP contribution in [0.1, 0.15) is 39.6 Å². The first kappa shape index (κ1) is 14.4. The number of aliphatic imine (C=N–C) groups is 1. The highest BCUT2D eigenvalue weighted by Crippen LogP contribution is 2.37. The second kappa shape index (κ2) is 5.55. The molecule has 2 aromatic heterocycles. The normalized spacial score (nSPS) is 18.0. The highest BCUT2D eigenvalue weighted by atomic mass is 16.5. The molecule has 1 atom stereocenters. The van der Waals surface area contributed by atoms with Crippen molar-refractivity contribution < 1.29 is 4.74 Å². The Balaban J connectivity index is 1.66. The molecule has 1 aromatic carbocycles. The monoisotopic (exact) mass is 330 g/mol. The quantitative estimate of drug-likeness (QED) is 0.786. The first-order valence-electron chi connectivity index (χ1n) is 8.55. The number of nitrogens with one attached hydrogen (secondary N) is 1. The van der Waals surface area contributed by atoms with E-state index in [-0.39, 0.29) is 5.92 Å². The molecule has 5 rings (SSSR count). The van der Waals surface area contributed by atoms with Crippen LogP contribution in [0.25, 0.3) is 0 Å². The molecule has 3 heterocycles. The number of fused-ring (bicyclic) bond motifs is 2. The van der Waals surface area contributed by atoms with Gasteiger partial charge in [0.05, 0.1) is 19.4 Å². The lowest BCUT2D eigenvalue weighted by atomic mass is 9.87. The Morgan fingerprint density at radius 2 is 2.08 bits per heavy atom. The van der Waals surface area contributed by atoms with Crippen LogP contribution in [0.2, 0.25) is 0 Å². The minimum Gasteiger partial charge on any atom is -0.497 e. The van der Waals surface area contributed by atoms with E-state index >= 15 is 0 Å². The minimum atomic E-state index is 0.209. The molecule has 0 saturated carbocycles. The molecule has 0 fully saturated rings. The lowest BCUT2D eigenvalue weighted by Gasteiger charge is -2.23. The fourth-order valence-electron chi connectivity index (χ4n) is 3.94. The van der Waals surface area contributed by atoms with Crippen LogP contribution in [-0.4, -0.2) is 34.5 Å². The zero-order valence-corrected chi connectivity index (χ0v) is 14.0. The van der Waals surface area contributed by atoms with Crippen molar-refractivity contribution in [2.24, 2.45) is 4.99 Å². The Morgan fingerprint density at radius 3 is 3.00 bits per heavy atom. The van der Waals surface area contributed by atoms with Crippen LogP contribution >= 0.6 is 0 Å². The number of aryl methyl sites for hydroxylation is 2. The largest absolute Gasteiger partial charge is 0.497 e. The maximum absolute atomic E-state index is 5.39. The van der Waals surface area contributed by atoms with Gasteiger partial charge in [0.15, 0.2) is 0 Å². The topological polar surface area (TPSA) is 63.2 Å². The predicted octanol–water partition coefficient (Wildman–Crippen LogP) is 2.89. The molecule has 3 aromatic rings. The predicted molar refractivity (Wildman–Crippen MR) is 95.6 cm³/mol. The summed E-state index contributed by atoms with van der Waals surface area (Å²) in [6.07, 6.45) is 5.87. The van der Waals surface area contributed by atoms with E-state index in [9.17, 15) is 0 Å². The number of rotatable bonds is 2. The summed E-state index contributed by atoms with van der Waals surface area (Å²) in [4.78, 5) is 8.46. The van der Waals surface area contributed by atoms with E-state index in [0.29, 0.717) is 6.54 Å². The first-order chi connectivity index (χ1) is 12.3. The van der Waals surface area contributed by atoms with Gasteiger partial charge in [-0.25, -0.2) is 0 Å². The summed E-state index contributed by atoms with van der Waals surface area (Å²) in [5.41, 5.74) is 8.15. The van der Waals surface area contributed by atoms with Gasteiger partial charge in [0.2, 0.25) is 0 Å². The van der Waals surface area contributed by atoms with E-state index in [0.717, 1.165) is 30.0 Å². The second-order valence-corrected chi connectivity index (χ2v) is 6.53. The third-order valence-electron chi connectivity index (χ3n) is 5.20.